The highest BCUT2D eigenvalue weighted by molar-refractivity contribution is 9.10. The van der Waals surface area contributed by atoms with Crippen LogP contribution in [0.4, 0.5) is 17.5 Å². The summed E-state index contributed by atoms with van der Waals surface area (Å²) >= 11 is 3.34. The molecular weight excluding hydrogens is 550 g/mol. The van der Waals surface area contributed by atoms with E-state index in [9.17, 15) is 8.42 Å². The molecule has 1 saturated carbocycles. The van der Waals surface area contributed by atoms with Gasteiger partial charge in [0.1, 0.15) is 5.82 Å². The summed E-state index contributed by atoms with van der Waals surface area (Å²) in [4.78, 5) is 9.80. The molecule has 5 rings (SSSR count). The van der Waals surface area contributed by atoms with Crippen molar-refractivity contribution < 1.29 is 8.42 Å². The maximum atomic E-state index is 12.6. The van der Waals surface area contributed by atoms with Gasteiger partial charge < -0.3 is 10.6 Å². The Bertz CT molecular complexity index is 1440. The molecule has 0 saturated heterocycles. The van der Waals surface area contributed by atoms with Crippen molar-refractivity contribution in [3.8, 4) is 0 Å². The van der Waals surface area contributed by atoms with Gasteiger partial charge in [0, 0.05) is 28.6 Å². The van der Waals surface area contributed by atoms with Crippen LogP contribution in [0.3, 0.4) is 0 Å². The van der Waals surface area contributed by atoms with Crippen molar-refractivity contribution in [1.82, 2.24) is 14.7 Å². The number of sulfonamides is 1. The second kappa shape index (κ2) is 11.6. The third-order valence-corrected chi connectivity index (χ3v) is 8.81. The first kappa shape index (κ1) is 25.6. The molecule has 9 heteroatoms. The number of nitrogens with one attached hydrogen (secondary N) is 3. The number of benzene rings is 3. The quantitative estimate of drug-likeness (QED) is 0.214. The highest BCUT2D eigenvalue weighted by atomic mass is 79.9. The van der Waals surface area contributed by atoms with Crippen molar-refractivity contribution >= 4 is 54.3 Å². The molecule has 37 heavy (non-hydrogen) atoms. The highest BCUT2D eigenvalue weighted by Crippen LogP contribution is 2.30. The van der Waals surface area contributed by atoms with Crippen molar-refractivity contribution in [1.29, 1.82) is 0 Å². The SMILES string of the molecule is O=S(=O)(NC[C@H]1CC[C@H](CNc2nc(Nc3ccccc3)c3ccccc3n2)CC1)c1ccc(Br)cc1. The second-order valence-corrected chi connectivity index (χ2v) is 12.2. The minimum atomic E-state index is -3.49. The van der Waals surface area contributed by atoms with Crippen LogP contribution in [0.25, 0.3) is 10.9 Å². The molecule has 0 bridgehead atoms. The van der Waals surface area contributed by atoms with Gasteiger partial charge in [-0.3, -0.25) is 0 Å². The Hall–Kier alpha value is -3.01. The largest absolute Gasteiger partial charge is 0.354 e. The summed E-state index contributed by atoms with van der Waals surface area (Å²) in [5, 5.41) is 7.85. The van der Waals surface area contributed by atoms with E-state index in [1.165, 1.54) is 0 Å². The Labute approximate surface area is 226 Å². The Balaban J connectivity index is 1.15. The molecule has 1 aliphatic carbocycles. The van der Waals surface area contributed by atoms with Crippen molar-refractivity contribution in [2.75, 3.05) is 23.7 Å². The molecule has 192 valence electrons. The zero-order valence-electron chi connectivity index (χ0n) is 20.4. The van der Waals surface area contributed by atoms with E-state index in [-0.39, 0.29) is 0 Å². The highest BCUT2D eigenvalue weighted by Gasteiger charge is 2.23. The molecule has 1 fully saturated rings. The van der Waals surface area contributed by atoms with Gasteiger partial charge in [-0.15, -0.1) is 0 Å². The molecule has 4 aromatic rings. The van der Waals surface area contributed by atoms with Crippen LogP contribution >= 0.6 is 15.9 Å². The van der Waals surface area contributed by atoms with E-state index in [0.717, 1.165) is 59.1 Å². The number of rotatable bonds is 9. The zero-order valence-corrected chi connectivity index (χ0v) is 22.8. The standard InChI is InChI=1S/C28H30BrN5O2S/c29-22-14-16-24(17-15-22)37(35,36)31-19-21-12-10-20(11-13-21)18-30-28-33-26-9-5-4-8-25(26)27(34-28)32-23-6-2-1-3-7-23/h1-9,14-17,20-21,31H,10-13,18-19H2,(H2,30,32,33,34)/t20-,21-. The predicted molar refractivity (Wildman–Crippen MR) is 153 cm³/mol. The monoisotopic (exact) mass is 579 g/mol. The number of hydrogen-bond donors (Lipinski definition) is 3. The summed E-state index contributed by atoms with van der Waals surface area (Å²) in [7, 11) is -3.49. The van der Waals surface area contributed by atoms with Gasteiger partial charge in [0.2, 0.25) is 16.0 Å². The fraction of sp³-hybridized carbons (Fsp3) is 0.286. The summed E-state index contributed by atoms with van der Waals surface area (Å²) in [6.45, 7) is 1.27. The number of anilines is 3. The van der Waals surface area contributed by atoms with E-state index >= 15 is 0 Å². The summed E-state index contributed by atoms with van der Waals surface area (Å²) in [6, 6.07) is 24.7. The van der Waals surface area contributed by atoms with Crippen LogP contribution in [0.1, 0.15) is 25.7 Å². The summed E-state index contributed by atoms with van der Waals surface area (Å²) in [5.41, 5.74) is 1.87. The Morgan fingerprint density at radius 2 is 1.43 bits per heavy atom. The van der Waals surface area contributed by atoms with Gasteiger partial charge in [0.25, 0.3) is 0 Å². The first-order chi connectivity index (χ1) is 18.0. The van der Waals surface area contributed by atoms with Gasteiger partial charge in [-0.2, -0.15) is 4.98 Å². The van der Waals surface area contributed by atoms with E-state index in [2.05, 4.69) is 31.3 Å². The van der Waals surface area contributed by atoms with E-state index < -0.39 is 10.0 Å². The molecule has 1 aromatic heterocycles. The van der Waals surface area contributed by atoms with Crippen molar-refractivity contribution in [2.45, 2.75) is 30.6 Å². The number of halogens is 1. The van der Waals surface area contributed by atoms with Gasteiger partial charge in [-0.25, -0.2) is 18.1 Å². The summed E-state index contributed by atoms with van der Waals surface area (Å²) in [6.07, 6.45) is 4.07. The molecule has 3 aromatic carbocycles. The lowest BCUT2D eigenvalue weighted by Crippen LogP contribution is -2.32. The van der Waals surface area contributed by atoms with Crippen molar-refractivity contribution in [3.63, 3.8) is 0 Å². The lowest BCUT2D eigenvalue weighted by Gasteiger charge is -2.28. The summed E-state index contributed by atoms with van der Waals surface area (Å²) in [5.74, 6) is 2.24. The molecule has 0 amide bonds. The van der Waals surface area contributed by atoms with E-state index in [1.807, 2.05) is 54.6 Å². The predicted octanol–water partition coefficient (Wildman–Crippen LogP) is 6.33. The minimum absolute atomic E-state index is 0.296. The molecule has 3 N–H and O–H groups in total. The van der Waals surface area contributed by atoms with Crippen molar-refractivity contribution in [2.24, 2.45) is 11.8 Å². The van der Waals surface area contributed by atoms with Gasteiger partial charge in [-0.05, 0) is 86.1 Å². The molecule has 0 aliphatic heterocycles. The molecule has 0 radical (unpaired) electrons. The average Bonchev–Trinajstić information content (AvgIpc) is 2.92. The normalized spacial score (nSPS) is 18.0. The minimum Gasteiger partial charge on any atom is -0.354 e. The topological polar surface area (TPSA) is 96.0 Å². The number of para-hydroxylation sites is 2. The molecule has 0 spiro atoms. The lowest BCUT2D eigenvalue weighted by molar-refractivity contribution is 0.284. The third kappa shape index (κ3) is 6.66. The summed E-state index contributed by atoms with van der Waals surface area (Å²) < 4.78 is 28.8. The van der Waals surface area contributed by atoms with Crippen LogP contribution in [0.2, 0.25) is 0 Å². The number of nitrogens with zero attached hydrogens (tertiary/aromatic N) is 2. The van der Waals surface area contributed by atoms with Crippen LogP contribution < -0.4 is 15.4 Å². The molecule has 7 nitrogen and oxygen atoms in total. The molecule has 0 atom stereocenters. The fourth-order valence-electron chi connectivity index (χ4n) is 4.71. The van der Waals surface area contributed by atoms with Crippen LogP contribution in [0, 0.1) is 11.8 Å². The molecule has 1 heterocycles. The maximum absolute atomic E-state index is 12.6. The molecular formula is C28H30BrN5O2S. The zero-order chi connectivity index (χ0) is 25.7. The number of hydrogen-bond acceptors (Lipinski definition) is 6. The van der Waals surface area contributed by atoms with Crippen LogP contribution in [-0.2, 0) is 10.0 Å². The Morgan fingerprint density at radius 1 is 0.784 bits per heavy atom. The lowest BCUT2D eigenvalue weighted by atomic mass is 9.82. The van der Waals surface area contributed by atoms with Gasteiger partial charge in [-0.1, -0.05) is 46.3 Å². The average molecular weight is 581 g/mol. The van der Waals surface area contributed by atoms with Crippen molar-refractivity contribution in [3.05, 3.63) is 83.3 Å². The fourth-order valence-corrected chi connectivity index (χ4v) is 6.09. The number of fused-ring (bicyclic) bond motifs is 1. The van der Waals surface area contributed by atoms with E-state index in [1.54, 1.807) is 24.3 Å². The maximum Gasteiger partial charge on any atom is 0.240 e. The first-order valence-electron chi connectivity index (χ1n) is 12.5. The van der Waals surface area contributed by atoms with Gasteiger partial charge >= 0.3 is 0 Å². The molecule has 1 aliphatic rings. The van der Waals surface area contributed by atoms with Crippen LogP contribution in [0.15, 0.2) is 88.2 Å². The second-order valence-electron chi connectivity index (χ2n) is 9.48. The number of aromatic nitrogens is 2. The van der Waals surface area contributed by atoms with Gasteiger partial charge in [0.15, 0.2) is 0 Å². The van der Waals surface area contributed by atoms with Crippen LogP contribution in [0.5, 0.6) is 0 Å². The van der Waals surface area contributed by atoms with E-state index in [4.69, 9.17) is 9.97 Å². The Kier molecular flexibility index (Phi) is 8.02. The third-order valence-electron chi connectivity index (χ3n) is 6.84. The first-order valence-corrected chi connectivity index (χ1v) is 14.8. The Morgan fingerprint density at radius 3 is 2.16 bits per heavy atom. The molecule has 0 unspecified atom stereocenters. The smallest absolute Gasteiger partial charge is 0.240 e. The van der Waals surface area contributed by atoms with E-state index in [0.29, 0.717) is 29.2 Å². The van der Waals surface area contributed by atoms with Gasteiger partial charge in [0.05, 0.1) is 10.4 Å². The van der Waals surface area contributed by atoms with Crippen LogP contribution in [-0.4, -0.2) is 31.5 Å².